The minimum Gasteiger partial charge on any atom is -0.481 e. The lowest BCUT2D eigenvalue weighted by molar-refractivity contribution is -0.141. The summed E-state index contributed by atoms with van der Waals surface area (Å²) in [7, 11) is 0. The van der Waals surface area contributed by atoms with Gasteiger partial charge in [-0.3, -0.25) is 4.79 Å². The van der Waals surface area contributed by atoms with Crippen LogP contribution >= 0.6 is 0 Å². The van der Waals surface area contributed by atoms with Gasteiger partial charge in [-0.1, -0.05) is 0 Å². The summed E-state index contributed by atoms with van der Waals surface area (Å²) in [5, 5.41) is 27.2. The van der Waals surface area contributed by atoms with Crippen LogP contribution in [0.5, 0.6) is 0 Å². The number of hydrogen-bond acceptors (Lipinski definition) is 5. The second kappa shape index (κ2) is 3.81. The van der Waals surface area contributed by atoms with Crippen LogP contribution in [0.4, 0.5) is 0 Å². The molecule has 0 aromatic carbocycles. The number of carboxylic acids is 2. The van der Waals surface area contributed by atoms with Gasteiger partial charge in [0, 0.05) is 0 Å². The van der Waals surface area contributed by atoms with Crippen molar-refractivity contribution in [3.8, 4) is 0 Å². The topological polar surface area (TPSA) is 118 Å². The lowest BCUT2D eigenvalue weighted by atomic mass is 10.3. The van der Waals surface area contributed by atoms with E-state index in [1.165, 1.54) is 6.92 Å². The Bertz CT molecular complexity index is 360. The molecule has 0 amide bonds. The van der Waals surface area contributed by atoms with E-state index in [9.17, 15) is 9.59 Å². The van der Waals surface area contributed by atoms with Crippen molar-refractivity contribution < 1.29 is 19.8 Å². The summed E-state index contributed by atoms with van der Waals surface area (Å²) in [5.74, 6) is -2.21. The van der Waals surface area contributed by atoms with E-state index in [1.54, 1.807) is 0 Å². The monoisotopic (exact) mass is 200 g/mol. The van der Waals surface area contributed by atoms with E-state index >= 15 is 0 Å². The van der Waals surface area contributed by atoms with Crippen LogP contribution in [-0.2, 0) is 16.0 Å². The lowest BCUT2D eigenvalue weighted by Gasteiger charge is -2.06. The molecule has 14 heavy (non-hydrogen) atoms. The number of hydrogen-bond donors (Lipinski definition) is 2. The molecule has 8 heteroatoms. The zero-order valence-electron chi connectivity index (χ0n) is 7.28. The Hall–Kier alpha value is -1.99. The van der Waals surface area contributed by atoms with Crippen molar-refractivity contribution in [2.45, 2.75) is 19.4 Å². The van der Waals surface area contributed by atoms with E-state index in [4.69, 9.17) is 10.2 Å². The Balaban J connectivity index is 2.92. The number of rotatable bonds is 4. The molecule has 76 valence electrons. The molecule has 0 radical (unpaired) electrons. The van der Waals surface area contributed by atoms with Crippen LogP contribution in [-0.4, -0.2) is 42.4 Å². The molecule has 0 spiro atoms. The van der Waals surface area contributed by atoms with E-state index in [1.807, 2.05) is 0 Å². The van der Waals surface area contributed by atoms with Crippen molar-refractivity contribution in [3.05, 3.63) is 5.82 Å². The fraction of sp³-hybridized carbons (Fsp3) is 0.500. The Kier molecular flexibility index (Phi) is 2.75. The van der Waals surface area contributed by atoms with Gasteiger partial charge in [0.1, 0.15) is 12.5 Å². The summed E-state index contributed by atoms with van der Waals surface area (Å²) >= 11 is 0. The van der Waals surface area contributed by atoms with Gasteiger partial charge < -0.3 is 10.2 Å². The van der Waals surface area contributed by atoms with Crippen LogP contribution < -0.4 is 0 Å². The maximum atomic E-state index is 10.6. The normalized spacial score (nSPS) is 12.4. The molecular formula is C6H8N4O4. The number of aromatic nitrogens is 4. The zero-order chi connectivity index (χ0) is 10.7. The van der Waals surface area contributed by atoms with Gasteiger partial charge in [-0.15, -0.1) is 5.10 Å². The van der Waals surface area contributed by atoms with Crippen molar-refractivity contribution >= 4 is 11.9 Å². The van der Waals surface area contributed by atoms with Gasteiger partial charge in [-0.25, -0.2) is 9.48 Å². The van der Waals surface area contributed by atoms with Crippen molar-refractivity contribution in [2.75, 3.05) is 0 Å². The third-order valence-electron chi connectivity index (χ3n) is 1.59. The molecule has 1 heterocycles. The Morgan fingerprint density at radius 3 is 2.64 bits per heavy atom. The number of aliphatic carboxylic acids is 2. The fourth-order valence-electron chi connectivity index (χ4n) is 0.869. The highest BCUT2D eigenvalue weighted by Gasteiger charge is 2.20. The first-order valence-corrected chi connectivity index (χ1v) is 3.73. The molecule has 1 rings (SSSR count). The smallest absolute Gasteiger partial charge is 0.328 e. The molecule has 1 atom stereocenters. The Morgan fingerprint density at radius 2 is 2.14 bits per heavy atom. The Labute approximate surface area is 78.2 Å². The van der Waals surface area contributed by atoms with Crippen LogP contribution in [0.1, 0.15) is 18.8 Å². The second-order valence-corrected chi connectivity index (χ2v) is 2.62. The standard InChI is InChI=1S/C6H8N4O4/c1-3(6(13)14)10-4(2-5(11)12)7-8-9-10/h3H,2H2,1H3,(H,11,12)(H,13,14). The maximum Gasteiger partial charge on any atom is 0.328 e. The molecule has 1 aromatic heterocycles. The van der Waals surface area contributed by atoms with Gasteiger partial charge in [0.25, 0.3) is 0 Å². The van der Waals surface area contributed by atoms with Crippen molar-refractivity contribution in [1.29, 1.82) is 0 Å². The SMILES string of the molecule is CC(C(=O)O)n1nnnc1CC(=O)O. The molecule has 0 bridgehead atoms. The molecule has 0 aliphatic carbocycles. The van der Waals surface area contributed by atoms with Gasteiger partial charge in [-0.2, -0.15) is 0 Å². The number of tetrazole rings is 1. The highest BCUT2D eigenvalue weighted by molar-refractivity contribution is 5.72. The van der Waals surface area contributed by atoms with Crippen LogP contribution in [0.15, 0.2) is 0 Å². The largest absolute Gasteiger partial charge is 0.481 e. The highest BCUT2D eigenvalue weighted by Crippen LogP contribution is 2.05. The number of carbonyl (C=O) groups is 2. The first kappa shape index (κ1) is 10.1. The molecule has 0 fully saturated rings. The summed E-state index contributed by atoms with van der Waals surface area (Å²) in [4.78, 5) is 20.9. The average molecular weight is 200 g/mol. The third-order valence-corrected chi connectivity index (χ3v) is 1.59. The number of nitrogens with zero attached hydrogens (tertiary/aromatic N) is 4. The Morgan fingerprint density at radius 1 is 1.50 bits per heavy atom. The molecule has 0 saturated heterocycles. The molecule has 1 unspecified atom stereocenters. The second-order valence-electron chi connectivity index (χ2n) is 2.62. The summed E-state index contributed by atoms with van der Waals surface area (Å²) in [5.41, 5.74) is 0. The van der Waals surface area contributed by atoms with Gasteiger partial charge >= 0.3 is 11.9 Å². The molecule has 0 aliphatic heterocycles. The maximum absolute atomic E-state index is 10.6. The van der Waals surface area contributed by atoms with Crippen molar-refractivity contribution in [2.24, 2.45) is 0 Å². The lowest BCUT2D eigenvalue weighted by Crippen LogP contribution is -2.20. The van der Waals surface area contributed by atoms with E-state index in [-0.39, 0.29) is 5.82 Å². The van der Waals surface area contributed by atoms with Gasteiger partial charge in [0.05, 0.1) is 0 Å². The van der Waals surface area contributed by atoms with E-state index in [0.29, 0.717) is 0 Å². The number of carboxylic acid groups (broad SMARTS) is 2. The first-order valence-electron chi connectivity index (χ1n) is 3.73. The van der Waals surface area contributed by atoms with Gasteiger partial charge in [0.15, 0.2) is 5.82 Å². The zero-order valence-corrected chi connectivity index (χ0v) is 7.28. The minimum absolute atomic E-state index is 0.0207. The molecular weight excluding hydrogens is 192 g/mol. The predicted molar refractivity (Wildman–Crippen MR) is 41.5 cm³/mol. The molecule has 0 saturated carbocycles. The molecule has 1 aromatic rings. The quantitative estimate of drug-likeness (QED) is 0.636. The van der Waals surface area contributed by atoms with E-state index in [2.05, 4.69) is 15.5 Å². The summed E-state index contributed by atoms with van der Waals surface area (Å²) in [6.45, 7) is 1.37. The van der Waals surface area contributed by atoms with Crippen molar-refractivity contribution in [1.82, 2.24) is 20.2 Å². The van der Waals surface area contributed by atoms with Crippen LogP contribution in [0.25, 0.3) is 0 Å². The van der Waals surface area contributed by atoms with Gasteiger partial charge in [0.2, 0.25) is 0 Å². The third kappa shape index (κ3) is 2.03. The van der Waals surface area contributed by atoms with Crippen LogP contribution in [0, 0.1) is 0 Å². The molecule has 0 aliphatic rings. The fourth-order valence-corrected chi connectivity index (χ4v) is 0.869. The van der Waals surface area contributed by atoms with Crippen LogP contribution in [0.2, 0.25) is 0 Å². The van der Waals surface area contributed by atoms with Gasteiger partial charge in [-0.05, 0) is 17.4 Å². The summed E-state index contributed by atoms with van der Waals surface area (Å²) in [6.07, 6.45) is -0.398. The van der Waals surface area contributed by atoms with E-state index in [0.717, 1.165) is 4.68 Å². The van der Waals surface area contributed by atoms with Crippen molar-refractivity contribution in [3.63, 3.8) is 0 Å². The average Bonchev–Trinajstić information content (AvgIpc) is 2.49. The minimum atomic E-state index is -1.12. The van der Waals surface area contributed by atoms with E-state index < -0.39 is 24.4 Å². The summed E-state index contributed by atoms with van der Waals surface area (Å²) in [6, 6.07) is -0.973. The van der Waals surface area contributed by atoms with Crippen LogP contribution in [0.3, 0.4) is 0 Å². The highest BCUT2D eigenvalue weighted by atomic mass is 16.4. The predicted octanol–water partition coefficient (Wildman–Crippen LogP) is -1.05. The molecule has 2 N–H and O–H groups in total. The summed E-state index contributed by atoms with van der Waals surface area (Å²) < 4.78 is 0.969. The first-order chi connectivity index (χ1) is 6.52. The molecule has 8 nitrogen and oxygen atoms in total.